The fourth-order valence-electron chi connectivity index (χ4n) is 4.89. The van der Waals surface area contributed by atoms with Gasteiger partial charge in [0, 0.05) is 27.4 Å². The third kappa shape index (κ3) is 4.39. The number of carboxylic acid groups (broad SMARTS) is 1. The number of nitrogens with zero attached hydrogens (tertiary/aromatic N) is 2. The number of hydrogen-bond acceptors (Lipinski definition) is 5. The van der Waals surface area contributed by atoms with Gasteiger partial charge in [-0.05, 0) is 50.1 Å². The van der Waals surface area contributed by atoms with E-state index < -0.39 is 23.5 Å². The third-order valence-corrected chi connectivity index (χ3v) is 8.17. The minimum atomic E-state index is -1.04. The molecular formula is C25H23ClFN3O5S. The maximum atomic E-state index is 15.3. The summed E-state index contributed by atoms with van der Waals surface area (Å²) in [6.45, 7) is 2.82. The molecule has 3 heterocycles. The molecule has 36 heavy (non-hydrogen) atoms. The van der Waals surface area contributed by atoms with Crippen LogP contribution in [-0.4, -0.2) is 57.8 Å². The van der Waals surface area contributed by atoms with Crippen LogP contribution in [0.3, 0.4) is 0 Å². The van der Waals surface area contributed by atoms with E-state index in [1.54, 1.807) is 40.7 Å². The number of carbonyl (C=O) groups is 3. The number of carbonyl (C=O) groups excluding carboxylic acids is 2. The standard InChI is InChI=1S/C25H23ClFN3O5S/c1-14-22(36-16-5-2-4-15(10-16)23(32)33)17-6-7-18(26)20(27)21(17)30(14)11-19(31)29-9-3-8-25(13-29)12-28-24(34)35-25/h2,4-7,10H,3,8-9,11-13H2,1H3,(H,28,34)(H,32,33). The average Bonchev–Trinajstić information content (AvgIpc) is 3.33. The Labute approximate surface area is 215 Å². The van der Waals surface area contributed by atoms with Gasteiger partial charge in [0.25, 0.3) is 0 Å². The lowest BCUT2D eigenvalue weighted by Gasteiger charge is -2.38. The molecule has 2 aromatic carbocycles. The highest BCUT2D eigenvalue weighted by molar-refractivity contribution is 7.99. The van der Waals surface area contributed by atoms with Gasteiger partial charge in [-0.2, -0.15) is 0 Å². The van der Waals surface area contributed by atoms with Crippen molar-refractivity contribution in [1.82, 2.24) is 14.8 Å². The lowest BCUT2D eigenvalue weighted by molar-refractivity contribution is -0.137. The van der Waals surface area contributed by atoms with E-state index in [0.717, 1.165) is 0 Å². The van der Waals surface area contributed by atoms with Crippen molar-refractivity contribution < 1.29 is 28.6 Å². The molecule has 2 N–H and O–H groups in total. The second kappa shape index (κ2) is 9.33. The molecule has 2 fully saturated rings. The van der Waals surface area contributed by atoms with Crippen molar-refractivity contribution >= 4 is 52.2 Å². The van der Waals surface area contributed by atoms with E-state index >= 15 is 4.39 Å². The van der Waals surface area contributed by atoms with Crippen LogP contribution in [0.1, 0.15) is 28.9 Å². The van der Waals surface area contributed by atoms with E-state index in [-0.39, 0.29) is 35.1 Å². The Morgan fingerprint density at radius 1 is 1.31 bits per heavy atom. The summed E-state index contributed by atoms with van der Waals surface area (Å²) < 4.78 is 22.4. The molecule has 2 aliphatic heterocycles. The molecule has 2 amide bonds. The van der Waals surface area contributed by atoms with E-state index in [4.69, 9.17) is 16.3 Å². The monoisotopic (exact) mass is 531 g/mol. The van der Waals surface area contributed by atoms with Gasteiger partial charge >= 0.3 is 12.1 Å². The number of carboxylic acids is 1. The number of piperidine rings is 1. The first-order valence-corrected chi connectivity index (χ1v) is 12.6. The largest absolute Gasteiger partial charge is 0.478 e. The summed E-state index contributed by atoms with van der Waals surface area (Å²) in [4.78, 5) is 39.4. The van der Waals surface area contributed by atoms with E-state index in [1.165, 1.54) is 23.9 Å². The van der Waals surface area contributed by atoms with Crippen LogP contribution < -0.4 is 5.32 Å². The number of aromatic carboxylic acids is 1. The van der Waals surface area contributed by atoms with Crippen LogP contribution in [0.2, 0.25) is 5.02 Å². The summed E-state index contributed by atoms with van der Waals surface area (Å²) in [6.07, 6.45) is 0.872. The van der Waals surface area contributed by atoms with Crippen LogP contribution in [0.4, 0.5) is 9.18 Å². The van der Waals surface area contributed by atoms with E-state index in [2.05, 4.69) is 5.32 Å². The Morgan fingerprint density at radius 3 is 2.83 bits per heavy atom. The summed E-state index contributed by atoms with van der Waals surface area (Å²) in [5.41, 5.74) is 0.285. The Bertz CT molecular complexity index is 1410. The maximum Gasteiger partial charge on any atom is 0.407 e. The first kappa shape index (κ1) is 24.5. The van der Waals surface area contributed by atoms with Gasteiger partial charge < -0.3 is 24.6 Å². The molecule has 188 valence electrons. The van der Waals surface area contributed by atoms with Crippen molar-refractivity contribution in [2.24, 2.45) is 0 Å². The molecule has 8 nitrogen and oxygen atoms in total. The van der Waals surface area contributed by atoms with E-state index in [0.29, 0.717) is 46.8 Å². The van der Waals surface area contributed by atoms with Gasteiger partial charge in [-0.1, -0.05) is 29.4 Å². The first-order chi connectivity index (χ1) is 17.2. The molecule has 1 unspecified atom stereocenters. The number of rotatable bonds is 5. The van der Waals surface area contributed by atoms with Crippen molar-refractivity contribution in [3.8, 4) is 0 Å². The van der Waals surface area contributed by atoms with Crippen LogP contribution in [0, 0.1) is 12.7 Å². The normalized spacial score (nSPS) is 19.5. The second-order valence-corrected chi connectivity index (χ2v) is 10.5. The highest BCUT2D eigenvalue weighted by Crippen LogP contribution is 2.41. The highest BCUT2D eigenvalue weighted by atomic mass is 35.5. The number of amides is 2. The molecule has 5 rings (SSSR count). The molecular weight excluding hydrogens is 509 g/mol. The van der Waals surface area contributed by atoms with Crippen molar-refractivity contribution in [3.05, 3.63) is 58.5 Å². The van der Waals surface area contributed by atoms with Crippen LogP contribution in [0.5, 0.6) is 0 Å². The lowest BCUT2D eigenvalue weighted by Crippen LogP contribution is -2.53. The molecule has 0 saturated carbocycles. The number of likely N-dealkylation sites (tertiary alicyclic amines) is 1. The molecule has 1 atom stereocenters. The number of benzene rings is 2. The zero-order valence-corrected chi connectivity index (χ0v) is 20.9. The Balaban J connectivity index is 1.49. The van der Waals surface area contributed by atoms with Gasteiger partial charge in [0.15, 0.2) is 5.82 Å². The SMILES string of the molecule is Cc1c(Sc2cccc(C(=O)O)c2)c2ccc(Cl)c(F)c2n1CC(=O)N1CCCC2(CNC(=O)O2)C1. The fraction of sp³-hybridized carbons (Fsp3) is 0.320. The molecule has 0 aliphatic carbocycles. The number of hydrogen-bond donors (Lipinski definition) is 2. The predicted molar refractivity (Wildman–Crippen MR) is 132 cm³/mol. The minimum Gasteiger partial charge on any atom is -0.478 e. The van der Waals surface area contributed by atoms with Gasteiger partial charge in [0.1, 0.15) is 12.1 Å². The highest BCUT2D eigenvalue weighted by Gasteiger charge is 2.44. The molecule has 1 spiro atoms. The van der Waals surface area contributed by atoms with Crippen molar-refractivity contribution in [3.63, 3.8) is 0 Å². The first-order valence-electron chi connectivity index (χ1n) is 11.4. The maximum absolute atomic E-state index is 15.3. The molecule has 2 saturated heterocycles. The summed E-state index contributed by atoms with van der Waals surface area (Å²) in [7, 11) is 0. The molecule has 0 radical (unpaired) electrons. The Hall–Kier alpha value is -3.24. The Kier molecular flexibility index (Phi) is 6.34. The average molecular weight is 532 g/mol. The molecule has 3 aromatic rings. The van der Waals surface area contributed by atoms with Crippen LogP contribution in [0.15, 0.2) is 46.2 Å². The Morgan fingerprint density at radius 2 is 2.11 bits per heavy atom. The number of alkyl carbamates (subject to hydrolysis) is 1. The number of ether oxygens (including phenoxy) is 1. The predicted octanol–water partition coefficient (Wildman–Crippen LogP) is 4.69. The topological polar surface area (TPSA) is 101 Å². The van der Waals surface area contributed by atoms with Gasteiger partial charge in [0.2, 0.25) is 5.91 Å². The quantitative estimate of drug-likeness (QED) is 0.495. The van der Waals surface area contributed by atoms with E-state index in [1.807, 2.05) is 0 Å². The van der Waals surface area contributed by atoms with Gasteiger partial charge in [-0.25, -0.2) is 14.0 Å². The molecule has 0 bridgehead atoms. The van der Waals surface area contributed by atoms with Gasteiger partial charge in [0.05, 0.1) is 29.2 Å². The third-order valence-electron chi connectivity index (χ3n) is 6.67. The smallest absolute Gasteiger partial charge is 0.407 e. The number of aromatic nitrogens is 1. The van der Waals surface area contributed by atoms with Crippen LogP contribution in [-0.2, 0) is 16.1 Å². The zero-order valence-electron chi connectivity index (χ0n) is 19.3. The van der Waals surface area contributed by atoms with Gasteiger partial charge in [-0.15, -0.1) is 0 Å². The van der Waals surface area contributed by atoms with Crippen LogP contribution in [0.25, 0.3) is 10.9 Å². The van der Waals surface area contributed by atoms with Crippen LogP contribution >= 0.6 is 23.4 Å². The van der Waals surface area contributed by atoms with Crippen molar-refractivity contribution in [2.45, 2.75) is 41.7 Å². The number of nitrogens with one attached hydrogen (secondary N) is 1. The van der Waals surface area contributed by atoms with Crippen molar-refractivity contribution in [2.75, 3.05) is 19.6 Å². The summed E-state index contributed by atoms with van der Waals surface area (Å²) in [5, 5.41) is 12.5. The summed E-state index contributed by atoms with van der Waals surface area (Å²) in [5.74, 6) is -1.89. The number of halogens is 2. The van der Waals surface area contributed by atoms with Gasteiger partial charge in [-0.3, -0.25) is 4.79 Å². The molecule has 1 aromatic heterocycles. The van der Waals surface area contributed by atoms with E-state index in [9.17, 15) is 19.5 Å². The van der Waals surface area contributed by atoms with Crippen molar-refractivity contribution in [1.29, 1.82) is 0 Å². The molecule has 2 aliphatic rings. The summed E-state index contributed by atoms with van der Waals surface area (Å²) >= 11 is 7.41. The lowest BCUT2D eigenvalue weighted by atomic mass is 9.93. The zero-order chi connectivity index (χ0) is 25.6. The summed E-state index contributed by atoms with van der Waals surface area (Å²) in [6, 6.07) is 9.66. The number of fused-ring (bicyclic) bond motifs is 1. The fourth-order valence-corrected chi connectivity index (χ4v) is 6.14. The second-order valence-electron chi connectivity index (χ2n) is 9.04. The molecule has 11 heteroatoms. The minimum absolute atomic E-state index is 0.0565.